The fourth-order valence-electron chi connectivity index (χ4n) is 5.31. The Morgan fingerprint density at radius 3 is 2.63 bits per heavy atom. The van der Waals surface area contributed by atoms with Crippen molar-refractivity contribution in [2.24, 2.45) is 5.73 Å². The van der Waals surface area contributed by atoms with Gasteiger partial charge in [0.2, 0.25) is 5.95 Å². The van der Waals surface area contributed by atoms with Gasteiger partial charge in [0.25, 0.3) is 0 Å². The highest BCUT2D eigenvalue weighted by Crippen LogP contribution is 2.33. The Bertz CT molecular complexity index is 1260. The fraction of sp³-hybridized carbons (Fsp3) is 0.480. The van der Waals surface area contributed by atoms with Crippen molar-refractivity contribution >= 4 is 22.9 Å². The number of aromatic nitrogens is 7. The van der Waals surface area contributed by atoms with Gasteiger partial charge in [-0.2, -0.15) is 15.1 Å². The van der Waals surface area contributed by atoms with Gasteiger partial charge in [0.05, 0.1) is 6.33 Å². The molecule has 10 heteroatoms. The summed E-state index contributed by atoms with van der Waals surface area (Å²) in [6.45, 7) is 0.581. The highest BCUT2D eigenvalue weighted by Gasteiger charge is 2.25. The van der Waals surface area contributed by atoms with Crippen molar-refractivity contribution in [2.75, 3.05) is 10.6 Å². The van der Waals surface area contributed by atoms with E-state index in [4.69, 9.17) is 20.7 Å². The monoisotopic (exact) mass is 472 g/mol. The Kier molecular flexibility index (Phi) is 6.03. The number of nitrogens with one attached hydrogen (secondary N) is 2. The van der Waals surface area contributed by atoms with Gasteiger partial charge in [-0.3, -0.25) is 0 Å². The number of nitrogens with two attached hydrogens (primary N) is 1. The van der Waals surface area contributed by atoms with Crippen molar-refractivity contribution in [3.8, 4) is 5.82 Å². The molecule has 2 fully saturated rings. The van der Waals surface area contributed by atoms with Crippen LogP contribution in [0.4, 0.5) is 11.8 Å². The normalized spacial score (nSPS) is 20.9. The number of hydrogen-bond donors (Lipinski definition) is 3. The second-order valence-electron chi connectivity index (χ2n) is 9.69. The van der Waals surface area contributed by atoms with E-state index in [-0.39, 0.29) is 12.1 Å². The summed E-state index contributed by atoms with van der Waals surface area (Å²) in [6.07, 6.45) is 16.7. The van der Waals surface area contributed by atoms with Gasteiger partial charge in [-0.25, -0.2) is 14.6 Å². The maximum absolute atomic E-state index is 6.40. The van der Waals surface area contributed by atoms with Gasteiger partial charge in [0.1, 0.15) is 0 Å². The van der Waals surface area contributed by atoms with Gasteiger partial charge in [0, 0.05) is 43.3 Å². The van der Waals surface area contributed by atoms with E-state index in [1.54, 1.807) is 10.9 Å². The first kappa shape index (κ1) is 22.0. The molecule has 2 aliphatic carbocycles. The second kappa shape index (κ2) is 9.61. The van der Waals surface area contributed by atoms with E-state index in [1.165, 1.54) is 38.5 Å². The highest BCUT2D eigenvalue weighted by molar-refractivity contribution is 5.84. The second-order valence-corrected chi connectivity index (χ2v) is 9.69. The molecule has 2 atom stereocenters. The molecule has 4 heterocycles. The van der Waals surface area contributed by atoms with Gasteiger partial charge in [-0.1, -0.05) is 31.7 Å². The van der Waals surface area contributed by atoms with Crippen LogP contribution in [0.2, 0.25) is 0 Å². The first-order valence-electron chi connectivity index (χ1n) is 12.7. The van der Waals surface area contributed by atoms with Crippen molar-refractivity contribution in [1.29, 1.82) is 0 Å². The number of anilines is 2. The maximum atomic E-state index is 6.40. The minimum absolute atomic E-state index is 0.124. The molecular formula is C25H32N10. The van der Waals surface area contributed by atoms with E-state index in [2.05, 4.69) is 25.3 Å². The van der Waals surface area contributed by atoms with Crippen LogP contribution in [0.25, 0.3) is 17.0 Å². The van der Waals surface area contributed by atoms with Gasteiger partial charge >= 0.3 is 0 Å². The molecule has 0 aliphatic heterocycles. The lowest BCUT2D eigenvalue weighted by molar-refractivity contribution is 0.402. The lowest BCUT2D eigenvalue weighted by atomic mass is 9.91. The summed E-state index contributed by atoms with van der Waals surface area (Å²) >= 11 is 0. The third-order valence-corrected chi connectivity index (χ3v) is 7.28. The predicted octanol–water partition coefficient (Wildman–Crippen LogP) is 3.82. The molecule has 2 aliphatic rings. The van der Waals surface area contributed by atoms with E-state index < -0.39 is 0 Å². The zero-order valence-electron chi connectivity index (χ0n) is 19.8. The summed E-state index contributed by atoms with van der Waals surface area (Å²) in [6, 6.07) is 6.66. The van der Waals surface area contributed by atoms with E-state index in [1.807, 2.05) is 36.9 Å². The fourth-order valence-corrected chi connectivity index (χ4v) is 5.31. The molecule has 2 unspecified atom stereocenters. The number of pyridine rings is 1. The first-order valence-corrected chi connectivity index (χ1v) is 12.7. The molecule has 0 spiro atoms. The zero-order chi connectivity index (χ0) is 23.6. The summed E-state index contributed by atoms with van der Waals surface area (Å²) in [4.78, 5) is 19.0. The molecule has 0 amide bonds. The minimum Gasteiger partial charge on any atom is -0.364 e. The average Bonchev–Trinajstić information content (AvgIpc) is 3.66. The predicted molar refractivity (Wildman–Crippen MR) is 135 cm³/mol. The number of fused-ring (bicyclic) bond motifs is 1. The van der Waals surface area contributed by atoms with Crippen LogP contribution in [0.1, 0.15) is 63.0 Å². The SMILES string of the molecule is NC1CCCCC1Nc1nc(NCc2ccc(-n3cccn3)nc2)c2ncn(C3CCCC3)c2n1. The Balaban J connectivity index is 1.27. The summed E-state index contributed by atoms with van der Waals surface area (Å²) in [5, 5.41) is 11.3. The molecule has 6 rings (SSSR count). The van der Waals surface area contributed by atoms with Crippen molar-refractivity contribution in [1.82, 2.24) is 34.3 Å². The van der Waals surface area contributed by atoms with E-state index in [0.29, 0.717) is 18.5 Å². The quantitative estimate of drug-likeness (QED) is 0.371. The van der Waals surface area contributed by atoms with Gasteiger partial charge in [-0.05, 0) is 43.4 Å². The third kappa shape index (κ3) is 4.58. The van der Waals surface area contributed by atoms with Crippen LogP contribution in [-0.2, 0) is 6.54 Å². The van der Waals surface area contributed by atoms with Gasteiger partial charge in [-0.15, -0.1) is 0 Å². The van der Waals surface area contributed by atoms with Crippen LogP contribution in [0.15, 0.2) is 43.1 Å². The van der Waals surface area contributed by atoms with Gasteiger partial charge < -0.3 is 20.9 Å². The standard InChI is InChI=1S/C25H32N10/c26-19-8-3-4-9-20(19)31-25-32-23(22-24(33-25)34(16-29-22)18-6-1-2-7-18)28-15-17-10-11-21(27-14-17)35-13-5-12-30-35/h5,10-14,16,18-20H,1-4,6-9,15,26H2,(H2,28,31,32,33). The van der Waals surface area contributed by atoms with E-state index in [0.717, 1.165) is 41.2 Å². The lowest BCUT2D eigenvalue weighted by Gasteiger charge is -2.29. The van der Waals surface area contributed by atoms with E-state index >= 15 is 0 Å². The topological polar surface area (TPSA) is 124 Å². The molecule has 0 bridgehead atoms. The molecule has 10 nitrogen and oxygen atoms in total. The van der Waals surface area contributed by atoms with Crippen LogP contribution >= 0.6 is 0 Å². The molecule has 0 saturated heterocycles. The van der Waals surface area contributed by atoms with Crippen molar-refractivity contribution in [2.45, 2.75) is 76.0 Å². The summed E-state index contributed by atoms with van der Waals surface area (Å²) < 4.78 is 3.98. The number of hydrogen-bond acceptors (Lipinski definition) is 8. The molecule has 0 aromatic carbocycles. The van der Waals surface area contributed by atoms with Gasteiger partial charge in [0.15, 0.2) is 22.8 Å². The smallest absolute Gasteiger partial charge is 0.227 e. The molecule has 4 aromatic heterocycles. The summed E-state index contributed by atoms with van der Waals surface area (Å²) in [7, 11) is 0. The molecule has 2 saturated carbocycles. The van der Waals surface area contributed by atoms with Crippen molar-refractivity contribution in [3.63, 3.8) is 0 Å². The Morgan fingerprint density at radius 1 is 1.00 bits per heavy atom. The van der Waals surface area contributed by atoms with Crippen molar-refractivity contribution in [3.05, 3.63) is 48.7 Å². The van der Waals surface area contributed by atoms with Crippen LogP contribution in [0, 0.1) is 0 Å². The average molecular weight is 473 g/mol. The Labute approximate surface area is 204 Å². The van der Waals surface area contributed by atoms with Crippen LogP contribution in [0.3, 0.4) is 0 Å². The first-order chi connectivity index (χ1) is 17.2. The Hall–Kier alpha value is -3.53. The third-order valence-electron chi connectivity index (χ3n) is 7.28. The number of rotatable bonds is 7. The molecule has 35 heavy (non-hydrogen) atoms. The summed E-state index contributed by atoms with van der Waals surface area (Å²) in [5.41, 5.74) is 9.14. The van der Waals surface area contributed by atoms with Crippen LogP contribution < -0.4 is 16.4 Å². The maximum Gasteiger partial charge on any atom is 0.227 e. The molecule has 4 aromatic rings. The number of nitrogens with zero attached hydrogens (tertiary/aromatic N) is 7. The van der Waals surface area contributed by atoms with E-state index in [9.17, 15) is 0 Å². The van der Waals surface area contributed by atoms with Crippen LogP contribution in [-0.4, -0.2) is 46.4 Å². The van der Waals surface area contributed by atoms with Crippen molar-refractivity contribution < 1.29 is 0 Å². The molecule has 4 N–H and O–H groups in total. The highest BCUT2D eigenvalue weighted by atomic mass is 15.3. The number of imidazole rings is 1. The molecular weight excluding hydrogens is 440 g/mol. The zero-order valence-corrected chi connectivity index (χ0v) is 19.8. The molecule has 0 radical (unpaired) electrons. The Morgan fingerprint density at radius 2 is 1.86 bits per heavy atom. The largest absolute Gasteiger partial charge is 0.364 e. The summed E-state index contributed by atoms with van der Waals surface area (Å²) in [5.74, 6) is 2.14. The van der Waals surface area contributed by atoms with Crippen LogP contribution in [0.5, 0.6) is 0 Å². The molecule has 182 valence electrons. The minimum atomic E-state index is 0.124. The lowest BCUT2D eigenvalue weighted by Crippen LogP contribution is -2.43.